The third-order valence-corrected chi connectivity index (χ3v) is 8.65. The number of thiocarbonyl (C=S) groups is 1. The molecule has 0 bridgehead atoms. The van der Waals surface area contributed by atoms with E-state index in [-0.39, 0.29) is 5.41 Å². The van der Waals surface area contributed by atoms with Crippen LogP contribution in [0, 0.1) is 5.92 Å². The molecule has 36 heavy (non-hydrogen) atoms. The number of hydrogen-bond donors (Lipinski definition) is 2. The highest BCUT2D eigenvalue weighted by molar-refractivity contribution is 7.80. The third-order valence-electron chi connectivity index (χ3n) is 8.17. The molecule has 8 heteroatoms. The van der Waals surface area contributed by atoms with Gasteiger partial charge < -0.3 is 20.4 Å². The van der Waals surface area contributed by atoms with E-state index in [2.05, 4.69) is 51.6 Å². The first-order chi connectivity index (χ1) is 17.5. The molecule has 194 valence electrons. The fourth-order valence-corrected chi connectivity index (χ4v) is 6.51. The van der Waals surface area contributed by atoms with E-state index in [0.717, 1.165) is 62.2 Å². The van der Waals surface area contributed by atoms with Crippen LogP contribution in [0.3, 0.4) is 0 Å². The average molecular weight is 527 g/mol. The Morgan fingerprint density at radius 3 is 2.44 bits per heavy atom. The molecular formula is C28H39ClN6S. The molecule has 3 heterocycles. The minimum Gasteiger partial charge on any atom is -0.361 e. The number of aromatic nitrogens is 2. The highest BCUT2D eigenvalue weighted by Crippen LogP contribution is 2.39. The van der Waals surface area contributed by atoms with Crippen LogP contribution in [0.1, 0.15) is 70.3 Å². The highest BCUT2D eigenvalue weighted by atomic mass is 35.5. The van der Waals surface area contributed by atoms with E-state index in [1.165, 1.54) is 50.5 Å². The number of nitrogens with one attached hydrogen (secondary N) is 2. The van der Waals surface area contributed by atoms with Gasteiger partial charge in [0.15, 0.2) is 5.11 Å². The van der Waals surface area contributed by atoms with Gasteiger partial charge in [0.25, 0.3) is 0 Å². The maximum atomic E-state index is 6.37. The Morgan fingerprint density at radius 1 is 1.00 bits per heavy atom. The second-order valence-corrected chi connectivity index (χ2v) is 11.8. The van der Waals surface area contributed by atoms with Crippen molar-refractivity contribution in [2.24, 2.45) is 5.92 Å². The molecule has 1 atom stereocenters. The number of nitrogens with zero attached hydrogens (tertiary/aromatic N) is 4. The summed E-state index contributed by atoms with van der Waals surface area (Å²) in [6.07, 6.45) is 11.0. The van der Waals surface area contributed by atoms with Crippen LogP contribution in [-0.4, -0.2) is 47.8 Å². The van der Waals surface area contributed by atoms with E-state index in [9.17, 15) is 0 Å². The van der Waals surface area contributed by atoms with Crippen molar-refractivity contribution in [3.63, 3.8) is 0 Å². The number of anilines is 3. The summed E-state index contributed by atoms with van der Waals surface area (Å²) in [5.41, 5.74) is 1.35. The summed E-state index contributed by atoms with van der Waals surface area (Å²) in [4.78, 5) is 14.6. The summed E-state index contributed by atoms with van der Waals surface area (Å²) in [6.45, 7) is 7.30. The molecule has 1 saturated carbocycles. The Balaban J connectivity index is 1.32. The lowest BCUT2D eigenvalue weighted by molar-refractivity contribution is 0.292. The number of piperidine rings is 1. The standard InChI is InChI=1S/C28H39ClN6S/c1-21-9-8-16-35(19-21)25-18-24(34-14-5-6-15-34)31-26(32-25)33-27(36)30-20-28(12-3-2-4-13-28)22-10-7-11-23(29)17-22/h7,10-11,17-18,21H,2-6,8-9,12-16,19-20H2,1H3,(H2,30,31,32,33,36)/t21-/m1/s1. The van der Waals surface area contributed by atoms with Crippen LogP contribution in [0.2, 0.25) is 5.02 Å². The molecule has 2 aromatic rings. The van der Waals surface area contributed by atoms with Gasteiger partial charge in [-0.05, 0) is 74.4 Å². The number of benzene rings is 1. The molecule has 3 fully saturated rings. The molecule has 3 aliphatic rings. The third kappa shape index (κ3) is 6.05. The van der Waals surface area contributed by atoms with Crippen molar-refractivity contribution in [3.8, 4) is 0 Å². The fourth-order valence-electron chi connectivity index (χ4n) is 6.16. The number of halogens is 1. The summed E-state index contributed by atoms with van der Waals surface area (Å²) in [5, 5.41) is 8.24. The zero-order valence-electron chi connectivity index (χ0n) is 21.4. The van der Waals surface area contributed by atoms with Crippen molar-refractivity contribution in [2.75, 3.05) is 47.8 Å². The first kappa shape index (κ1) is 25.5. The summed E-state index contributed by atoms with van der Waals surface area (Å²) in [5.74, 6) is 3.28. The fraction of sp³-hybridized carbons (Fsp3) is 0.607. The lowest BCUT2D eigenvalue weighted by atomic mass is 9.69. The molecule has 5 rings (SSSR count). The van der Waals surface area contributed by atoms with Crippen LogP contribution in [0.15, 0.2) is 30.3 Å². The van der Waals surface area contributed by atoms with Gasteiger partial charge in [-0.25, -0.2) is 0 Å². The highest BCUT2D eigenvalue weighted by Gasteiger charge is 2.34. The smallest absolute Gasteiger partial charge is 0.232 e. The summed E-state index contributed by atoms with van der Waals surface area (Å²) in [6, 6.07) is 10.5. The zero-order chi connectivity index (χ0) is 25.0. The molecule has 0 radical (unpaired) electrons. The largest absolute Gasteiger partial charge is 0.361 e. The quantitative estimate of drug-likeness (QED) is 0.437. The lowest BCUT2D eigenvalue weighted by Crippen LogP contribution is -2.43. The predicted octanol–water partition coefficient (Wildman–Crippen LogP) is 6.16. The first-order valence-electron chi connectivity index (χ1n) is 13.7. The van der Waals surface area contributed by atoms with E-state index in [4.69, 9.17) is 33.8 Å². The van der Waals surface area contributed by atoms with Crippen molar-refractivity contribution in [2.45, 2.75) is 70.1 Å². The SMILES string of the molecule is C[C@@H]1CCCN(c2cc(N3CCCC3)nc(NC(=S)NCC3(c4cccc(Cl)c4)CCCCC3)n2)C1. The van der Waals surface area contributed by atoms with Crippen LogP contribution in [0.5, 0.6) is 0 Å². The van der Waals surface area contributed by atoms with Crippen LogP contribution < -0.4 is 20.4 Å². The van der Waals surface area contributed by atoms with Gasteiger partial charge in [-0.3, -0.25) is 0 Å². The van der Waals surface area contributed by atoms with E-state index in [0.29, 0.717) is 17.0 Å². The second kappa shape index (κ2) is 11.5. The van der Waals surface area contributed by atoms with Gasteiger partial charge in [0.1, 0.15) is 11.6 Å². The maximum Gasteiger partial charge on any atom is 0.232 e. The minimum atomic E-state index is 0.0439. The number of rotatable bonds is 6. The van der Waals surface area contributed by atoms with Gasteiger partial charge >= 0.3 is 0 Å². The van der Waals surface area contributed by atoms with Crippen molar-refractivity contribution < 1.29 is 0 Å². The molecule has 1 aromatic carbocycles. The Bertz CT molecular complexity index is 1050. The van der Waals surface area contributed by atoms with Crippen molar-refractivity contribution >= 4 is 46.5 Å². The van der Waals surface area contributed by atoms with Gasteiger partial charge in [-0.2, -0.15) is 9.97 Å². The van der Waals surface area contributed by atoms with Crippen molar-refractivity contribution in [3.05, 3.63) is 40.9 Å². The van der Waals surface area contributed by atoms with Crippen LogP contribution in [0.4, 0.5) is 17.6 Å². The van der Waals surface area contributed by atoms with Crippen molar-refractivity contribution in [1.29, 1.82) is 0 Å². The maximum absolute atomic E-state index is 6.37. The Kier molecular flexibility index (Phi) is 8.16. The topological polar surface area (TPSA) is 56.3 Å². The second-order valence-electron chi connectivity index (χ2n) is 11.0. The van der Waals surface area contributed by atoms with Crippen LogP contribution in [-0.2, 0) is 5.41 Å². The Morgan fingerprint density at radius 2 is 1.72 bits per heavy atom. The monoisotopic (exact) mass is 526 g/mol. The molecule has 2 aliphatic heterocycles. The summed E-state index contributed by atoms with van der Waals surface area (Å²) in [7, 11) is 0. The molecule has 2 N–H and O–H groups in total. The zero-order valence-corrected chi connectivity index (χ0v) is 23.0. The molecule has 1 aliphatic carbocycles. The van der Waals surface area contributed by atoms with Crippen molar-refractivity contribution in [1.82, 2.24) is 15.3 Å². The summed E-state index contributed by atoms with van der Waals surface area (Å²) < 4.78 is 0. The van der Waals surface area contributed by atoms with E-state index >= 15 is 0 Å². The van der Waals surface area contributed by atoms with Gasteiger partial charge in [0.05, 0.1) is 0 Å². The van der Waals surface area contributed by atoms with Gasteiger partial charge in [0, 0.05) is 49.2 Å². The molecule has 0 spiro atoms. The molecular weight excluding hydrogens is 488 g/mol. The average Bonchev–Trinajstić information content (AvgIpc) is 3.43. The van der Waals surface area contributed by atoms with E-state index in [1.807, 2.05) is 6.07 Å². The lowest BCUT2D eigenvalue weighted by Gasteiger charge is -2.38. The predicted molar refractivity (Wildman–Crippen MR) is 155 cm³/mol. The number of hydrogen-bond acceptors (Lipinski definition) is 5. The molecule has 6 nitrogen and oxygen atoms in total. The molecule has 1 aromatic heterocycles. The van der Waals surface area contributed by atoms with Gasteiger partial charge in [-0.15, -0.1) is 0 Å². The normalized spacial score (nSPS) is 21.9. The minimum absolute atomic E-state index is 0.0439. The van der Waals surface area contributed by atoms with Gasteiger partial charge in [-0.1, -0.05) is 49.9 Å². The van der Waals surface area contributed by atoms with Gasteiger partial charge in [0.2, 0.25) is 5.95 Å². The first-order valence-corrected chi connectivity index (χ1v) is 14.5. The van der Waals surface area contributed by atoms with E-state index in [1.54, 1.807) is 0 Å². The Labute approximate surface area is 226 Å². The van der Waals surface area contributed by atoms with E-state index < -0.39 is 0 Å². The summed E-state index contributed by atoms with van der Waals surface area (Å²) >= 11 is 12.1. The molecule has 0 unspecified atom stereocenters. The molecule has 2 saturated heterocycles. The van der Waals surface area contributed by atoms with Crippen LogP contribution >= 0.6 is 23.8 Å². The molecule has 0 amide bonds. The Hall–Kier alpha value is -2.12. The van der Waals surface area contributed by atoms with Crippen LogP contribution in [0.25, 0.3) is 0 Å².